The van der Waals surface area contributed by atoms with Crippen LogP contribution in [0.5, 0.6) is 11.5 Å². The number of methoxy groups -OCH3 is 2. The number of carboxylic acids is 1. The highest BCUT2D eigenvalue weighted by Crippen LogP contribution is 2.35. The summed E-state index contributed by atoms with van der Waals surface area (Å²) in [5.74, 6) is -0.498. The van der Waals surface area contributed by atoms with E-state index >= 15 is 0 Å². The molecule has 1 aromatic rings. The SMILES string of the molecule is COc1cc(C(=O)O)cc(C(N)CO)c1OC. The highest BCUT2D eigenvalue weighted by atomic mass is 16.5. The number of aliphatic hydroxyl groups excluding tert-OH is 1. The van der Waals surface area contributed by atoms with Gasteiger partial charge in [-0.3, -0.25) is 0 Å². The van der Waals surface area contributed by atoms with Crippen LogP contribution in [0, 0.1) is 0 Å². The van der Waals surface area contributed by atoms with Crippen LogP contribution in [-0.2, 0) is 0 Å². The number of aromatic carboxylic acids is 1. The summed E-state index contributed by atoms with van der Waals surface area (Å²) in [6.45, 7) is -0.317. The molecule has 1 aromatic carbocycles. The zero-order valence-corrected chi connectivity index (χ0v) is 9.64. The van der Waals surface area contributed by atoms with Gasteiger partial charge in [0.15, 0.2) is 11.5 Å². The minimum absolute atomic E-state index is 0.0292. The number of nitrogens with two attached hydrogens (primary N) is 1. The molecule has 1 atom stereocenters. The third-order valence-corrected chi connectivity index (χ3v) is 2.35. The molecule has 0 aromatic heterocycles. The van der Waals surface area contributed by atoms with E-state index in [1.54, 1.807) is 0 Å². The average Bonchev–Trinajstić information content (AvgIpc) is 2.35. The monoisotopic (exact) mass is 241 g/mol. The second-order valence-electron chi connectivity index (χ2n) is 3.40. The Morgan fingerprint density at radius 3 is 2.47 bits per heavy atom. The number of ether oxygens (including phenoxy) is 2. The maximum absolute atomic E-state index is 10.9. The van der Waals surface area contributed by atoms with Gasteiger partial charge in [0, 0.05) is 5.56 Å². The van der Waals surface area contributed by atoms with Gasteiger partial charge in [-0.2, -0.15) is 0 Å². The van der Waals surface area contributed by atoms with Crippen LogP contribution in [-0.4, -0.2) is 37.0 Å². The van der Waals surface area contributed by atoms with Gasteiger partial charge in [0.2, 0.25) is 0 Å². The lowest BCUT2D eigenvalue weighted by atomic mass is 10.0. The number of hydrogen-bond donors (Lipinski definition) is 3. The van der Waals surface area contributed by atoms with Gasteiger partial charge in [0.05, 0.1) is 32.4 Å². The molecular weight excluding hydrogens is 226 g/mol. The summed E-state index contributed by atoms with van der Waals surface area (Å²) in [4.78, 5) is 10.9. The predicted molar refractivity (Wildman–Crippen MR) is 60.5 cm³/mol. The molecular formula is C11H15NO5. The first kappa shape index (κ1) is 13.3. The van der Waals surface area contributed by atoms with Gasteiger partial charge in [0.1, 0.15) is 0 Å². The van der Waals surface area contributed by atoms with Crippen LogP contribution in [0.3, 0.4) is 0 Å². The van der Waals surface area contributed by atoms with E-state index in [1.165, 1.54) is 26.4 Å². The highest BCUT2D eigenvalue weighted by molar-refractivity contribution is 5.89. The normalized spacial score (nSPS) is 12.0. The standard InChI is InChI=1S/C11H15NO5/c1-16-9-4-6(11(14)15)3-7(8(12)5-13)10(9)17-2/h3-4,8,13H,5,12H2,1-2H3,(H,14,15). The molecule has 17 heavy (non-hydrogen) atoms. The zero-order chi connectivity index (χ0) is 13.0. The molecule has 6 nitrogen and oxygen atoms in total. The van der Waals surface area contributed by atoms with Crippen LogP contribution >= 0.6 is 0 Å². The molecule has 1 rings (SSSR count). The quantitative estimate of drug-likeness (QED) is 0.689. The van der Waals surface area contributed by atoms with Crippen molar-refractivity contribution in [3.8, 4) is 11.5 Å². The van der Waals surface area contributed by atoms with Gasteiger partial charge in [0.25, 0.3) is 0 Å². The third-order valence-electron chi connectivity index (χ3n) is 2.35. The fourth-order valence-corrected chi connectivity index (χ4v) is 1.49. The fraction of sp³-hybridized carbons (Fsp3) is 0.364. The van der Waals surface area contributed by atoms with E-state index in [-0.39, 0.29) is 17.9 Å². The van der Waals surface area contributed by atoms with Crippen molar-refractivity contribution < 1.29 is 24.5 Å². The van der Waals surface area contributed by atoms with E-state index in [2.05, 4.69) is 0 Å². The molecule has 0 bridgehead atoms. The molecule has 6 heteroatoms. The Kier molecular flexibility index (Phi) is 4.30. The molecule has 0 aliphatic rings. The van der Waals surface area contributed by atoms with Crippen molar-refractivity contribution in [2.75, 3.05) is 20.8 Å². The van der Waals surface area contributed by atoms with Crippen molar-refractivity contribution >= 4 is 5.97 Å². The lowest BCUT2D eigenvalue weighted by molar-refractivity contribution is 0.0696. The van der Waals surface area contributed by atoms with E-state index < -0.39 is 12.0 Å². The summed E-state index contributed by atoms with van der Waals surface area (Å²) in [7, 11) is 2.82. The summed E-state index contributed by atoms with van der Waals surface area (Å²) in [5, 5.41) is 18.0. The number of benzene rings is 1. The van der Waals surface area contributed by atoms with Crippen molar-refractivity contribution in [2.45, 2.75) is 6.04 Å². The maximum atomic E-state index is 10.9. The van der Waals surface area contributed by atoms with Gasteiger partial charge >= 0.3 is 5.97 Å². The first-order valence-electron chi connectivity index (χ1n) is 4.90. The fourth-order valence-electron chi connectivity index (χ4n) is 1.49. The van der Waals surface area contributed by atoms with E-state index in [1.807, 2.05) is 0 Å². The van der Waals surface area contributed by atoms with Crippen LogP contribution in [0.25, 0.3) is 0 Å². The van der Waals surface area contributed by atoms with E-state index in [0.717, 1.165) is 0 Å². The van der Waals surface area contributed by atoms with E-state index in [9.17, 15) is 4.79 Å². The second kappa shape index (κ2) is 5.51. The lowest BCUT2D eigenvalue weighted by Gasteiger charge is -2.17. The molecule has 0 heterocycles. The number of aliphatic hydroxyl groups is 1. The molecule has 0 spiro atoms. The number of carboxylic acid groups (broad SMARTS) is 1. The van der Waals surface area contributed by atoms with Gasteiger partial charge in [-0.05, 0) is 12.1 Å². The largest absolute Gasteiger partial charge is 0.493 e. The summed E-state index contributed by atoms with van der Waals surface area (Å²) in [5.41, 5.74) is 6.11. The minimum Gasteiger partial charge on any atom is -0.493 e. The smallest absolute Gasteiger partial charge is 0.335 e. The Hall–Kier alpha value is -1.79. The molecule has 94 valence electrons. The number of rotatable bonds is 5. The zero-order valence-electron chi connectivity index (χ0n) is 9.64. The van der Waals surface area contributed by atoms with Gasteiger partial charge in [-0.1, -0.05) is 0 Å². The van der Waals surface area contributed by atoms with Crippen molar-refractivity contribution in [2.24, 2.45) is 5.73 Å². The summed E-state index contributed by atoms with van der Waals surface area (Å²) >= 11 is 0. The maximum Gasteiger partial charge on any atom is 0.335 e. The first-order valence-corrected chi connectivity index (χ1v) is 4.90. The second-order valence-corrected chi connectivity index (χ2v) is 3.40. The number of carbonyl (C=O) groups is 1. The van der Waals surface area contributed by atoms with Crippen LogP contribution in [0.1, 0.15) is 22.0 Å². The van der Waals surface area contributed by atoms with Crippen LogP contribution in [0.15, 0.2) is 12.1 Å². The third kappa shape index (κ3) is 2.66. The number of hydrogen-bond acceptors (Lipinski definition) is 5. The van der Waals surface area contributed by atoms with Crippen molar-refractivity contribution in [1.29, 1.82) is 0 Å². The molecule has 1 unspecified atom stereocenters. The summed E-state index contributed by atoms with van der Waals surface area (Å²) < 4.78 is 10.2. The van der Waals surface area contributed by atoms with Gasteiger partial charge in [-0.25, -0.2) is 4.79 Å². The summed E-state index contributed by atoms with van der Waals surface area (Å²) in [6, 6.07) is 1.98. The van der Waals surface area contributed by atoms with Crippen molar-refractivity contribution in [3.63, 3.8) is 0 Å². The van der Waals surface area contributed by atoms with Gasteiger partial charge in [-0.15, -0.1) is 0 Å². The van der Waals surface area contributed by atoms with E-state index in [0.29, 0.717) is 11.3 Å². The topological polar surface area (TPSA) is 102 Å². The van der Waals surface area contributed by atoms with Crippen LogP contribution < -0.4 is 15.2 Å². The lowest BCUT2D eigenvalue weighted by Crippen LogP contribution is -2.17. The van der Waals surface area contributed by atoms with Gasteiger partial charge < -0.3 is 25.4 Å². The Bertz CT molecular complexity index is 419. The molecule has 0 saturated carbocycles. The molecule has 0 amide bonds. The Morgan fingerprint density at radius 2 is 2.06 bits per heavy atom. The highest BCUT2D eigenvalue weighted by Gasteiger charge is 2.19. The molecule has 0 radical (unpaired) electrons. The average molecular weight is 241 g/mol. The predicted octanol–water partition coefficient (Wildman–Crippen LogP) is 0.394. The molecule has 0 saturated heterocycles. The molecule has 0 aliphatic carbocycles. The van der Waals surface area contributed by atoms with Crippen molar-refractivity contribution in [3.05, 3.63) is 23.3 Å². The van der Waals surface area contributed by atoms with Crippen molar-refractivity contribution in [1.82, 2.24) is 0 Å². The Balaban J connectivity index is 3.42. The van der Waals surface area contributed by atoms with E-state index in [4.69, 9.17) is 25.4 Å². The van der Waals surface area contributed by atoms with Crippen LogP contribution in [0.4, 0.5) is 0 Å². The minimum atomic E-state index is -1.10. The molecule has 0 fully saturated rings. The van der Waals surface area contributed by atoms with Crippen LogP contribution in [0.2, 0.25) is 0 Å². The Morgan fingerprint density at radius 1 is 1.41 bits per heavy atom. The molecule has 0 aliphatic heterocycles. The molecule has 4 N–H and O–H groups in total. The summed E-state index contributed by atoms with van der Waals surface area (Å²) in [6.07, 6.45) is 0. The Labute approximate surface area is 98.6 Å². The first-order chi connectivity index (χ1) is 8.04.